The molecule has 1 aliphatic rings. The first-order valence-corrected chi connectivity index (χ1v) is 8.70. The minimum Gasteiger partial charge on any atom is -0.491 e. The number of β-amino-alcohol motifs (C(OH)–C–C–N with tert-alkyl or cyclic N) is 1. The summed E-state index contributed by atoms with van der Waals surface area (Å²) in [4.78, 5) is 6.72. The van der Waals surface area contributed by atoms with Gasteiger partial charge in [-0.25, -0.2) is 4.98 Å². The van der Waals surface area contributed by atoms with Gasteiger partial charge in [0, 0.05) is 30.7 Å². The van der Waals surface area contributed by atoms with Crippen molar-refractivity contribution < 1.29 is 14.6 Å². The van der Waals surface area contributed by atoms with Crippen LogP contribution in [0.25, 0.3) is 0 Å². The molecule has 0 saturated carbocycles. The molecule has 3 rings (SSSR count). The van der Waals surface area contributed by atoms with E-state index in [0.717, 1.165) is 29.5 Å². The summed E-state index contributed by atoms with van der Waals surface area (Å²) in [5, 5.41) is 13.3. The molecule has 1 aromatic carbocycles. The molecular formula is C17H22N2O3S. The molecule has 6 heteroatoms. The number of aliphatic hydroxyl groups is 1. The predicted octanol–water partition coefficient (Wildman–Crippen LogP) is 2.26. The van der Waals surface area contributed by atoms with E-state index in [2.05, 4.69) is 9.88 Å². The quantitative estimate of drug-likeness (QED) is 0.878. The molecule has 2 heterocycles. The first-order chi connectivity index (χ1) is 11.2. The van der Waals surface area contributed by atoms with Crippen LogP contribution >= 0.6 is 11.3 Å². The highest BCUT2D eigenvalue weighted by Crippen LogP contribution is 2.25. The second-order valence-electron chi connectivity index (χ2n) is 5.72. The van der Waals surface area contributed by atoms with Crippen molar-refractivity contribution >= 4 is 11.3 Å². The Kier molecular flexibility index (Phi) is 5.61. The number of rotatable bonds is 6. The molecule has 2 aromatic rings. The van der Waals surface area contributed by atoms with Crippen LogP contribution < -0.4 is 4.74 Å². The lowest BCUT2D eigenvalue weighted by atomic mass is 10.2. The molecule has 0 amide bonds. The number of aryl methyl sites for hydroxylation is 1. The summed E-state index contributed by atoms with van der Waals surface area (Å²) >= 11 is 1.63. The highest BCUT2D eigenvalue weighted by Gasteiger charge is 2.25. The standard InChI is InChI=1S/C17H22N2O3S/c1-13-12-23-17(18-13)16-10-19(7-8-21-16)9-14(20)11-22-15-5-3-2-4-6-15/h2-6,12,14,16,20H,7-11H2,1H3. The fraction of sp³-hybridized carbons (Fsp3) is 0.471. The van der Waals surface area contributed by atoms with Crippen LogP contribution in [0.2, 0.25) is 0 Å². The van der Waals surface area contributed by atoms with Gasteiger partial charge in [-0.1, -0.05) is 18.2 Å². The first kappa shape index (κ1) is 16.4. The maximum absolute atomic E-state index is 10.2. The van der Waals surface area contributed by atoms with Gasteiger partial charge in [0.15, 0.2) is 0 Å². The van der Waals surface area contributed by atoms with Gasteiger partial charge in [0.2, 0.25) is 0 Å². The number of para-hydroxylation sites is 1. The molecule has 5 nitrogen and oxygen atoms in total. The van der Waals surface area contributed by atoms with Crippen molar-refractivity contribution in [2.75, 3.05) is 32.8 Å². The van der Waals surface area contributed by atoms with Gasteiger partial charge >= 0.3 is 0 Å². The molecule has 2 atom stereocenters. The number of thiazole rings is 1. The fourth-order valence-electron chi connectivity index (χ4n) is 2.60. The Morgan fingerprint density at radius 2 is 2.26 bits per heavy atom. The Morgan fingerprint density at radius 1 is 1.43 bits per heavy atom. The van der Waals surface area contributed by atoms with Crippen molar-refractivity contribution in [3.05, 3.63) is 46.4 Å². The Morgan fingerprint density at radius 3 is 3.00 bits per heavy atom. The van der Waals surface area contributed by atoms with Crippen LogP contribution in [0.1, 0.15) is 16.8 Å². The largest absolute Gasteiger partial charge is 0.491 e. The Bertz CT molecular complexity index is 605. The zero-order valence-corrected chi connectivity index (χ0v) is 14.0. The number of benzene rings is 1. The molecule has 1 aliphatic heterocycles. The molecule has 1 aromatic heterocycles. The van der Waals surface area contributed by atoms with Crippen LogP contribution in [0.5, 0.6) is 5.75 Å². The Hall–Kier alpha value is -1.47. The molecule has 124 valence electrons. The number of aliphatic hydroxyl groups excluding tert-OH is 1. The molecular weight excluding hydrogens is 312 g/mol. The summed E-state index contributed by atoms with van der Waals surface area (Å²) in [5.41, 5.74) is 1.03. The van der Waals surface area contributed by atoms with E-state index in [-0.39, 0.29) is 6.10 Å². The van der Waals surface area contributed by atoms with Crippen molar-refractivity contribution in [3.63, 3.8) is 0 Å². The molecule has 1 saturated heterocycles. The third kappa shape index (κ3) is 4.75. The smallest absolute Gasteiger partial charge is 0.123 e. The van der Waals surface area contributed by atoms with Gasteiger partial charge in [-0.3, -0.25) is 4.90 Å². The van der Waals surface area contributed by atoms with Gasteiger partial charge in [-0.05, 0) is 19.1 Å². The van der Waals surface area contributed by atoms with Gasteiger partial charge < -0.3 is 14.6 Å². The fourth-order valence-corrected chi connectivity index (χ4v) is 3.43. The topological polar surface area (TPSA) is 54.8 Å². The van der Waals surface area contributed by atoms with E-state index in [4.69, 9.17) is 9.47 Å². The summed E-state index contributed by atoms with van der Waals surface area (Å²) in [7, 11) is 0. The van der Waals surface area contributed by atoms with E-state index < -0.39 is 6.10 Å². The van der Waals surface area contributed by atoms with Gasteiger partial charge in [0.05, 0.1) is 6.61 Å². The van der Waals surface area contributed by atoms with Gasteiger partial charge in [-0.2, -0.15) is 0 Å². The van der Waals surface area contributed by atoms with Crippen LogP contribution in [0.3, 0.4) is 0 Å². The first-order valence-electron chi connectivity index (χ1n) is 7.82. The van der Waals surface area contributed by atoms with E-state index >= 15 is 0 Å². The molecule has 2 unspecified atom stereocenters. The van der Waals surface area contributed by atoms with E-state index in [1.165, 1.54) is 0 Å². The lowest BCUT2D eigenvalue weighted by molar-refractivity contribution is -0.0460. The number of hydrogen-bond donors (Lipinski definition) is 1. The number of morpholine rings is 1. The van der Waals surface area contributed by atoms with Crippen LogP contribution in [-0.2, 0) is 4.74 Å². The lowest BCUT2D eigenvalue weighted by Gasteiger charge is -2.33. The molecule has 1 N–H and O–H groups in total. The second kappa shape index (κ2) is 7.88. The molecule has 0 aliphatic carbocycles. The maximum Gasteiger partial charge on any atom is 0.123 e. The monoisotopic (exact) mass is 334 g/mol. The molecule has 0 bridgehead atoms. The van der Waals surface area contributed by atoms with E-state index in [9.17, 15) is 5.11 Å². The summed E-state index contributed by atoms with van der Waals surface area (Å²) in [6.07, 6.45) is -0.517. The zero-order valence-electron chi connectivity index (χ0n) is 13.2. The van der Waals surface area contributed by atoms with E-state index in [0.29, 0.717) is 19.8 Å². The maximum atomic E-state index is 10.2. The third-order valence-electron chi connectivity index (χ3n) is 3.72. The molecule has 23 heavy (non-hydrogen) atoms. The van der Waals surface area contributed by atoms with Crippen LogP contribution in [-0.4, -0.2) is 53.9 Å². The van der Waals surface area contributed by atoms with E-state index in [1.807, 2.05) is 42.6 Å². The summed E-state index contributed by atoms with van der Waals surface area (Å²) in [6.45, 7) is 5.11. The summed E-state index contributed by atoms with van der Waals surface area (Å²) in [5.74, 6) is 0.782. The third-order valence-corrected chi connectivity index (χ3v) is 4.77. The van der Waals surface area contributed by atoms with E-state index in [1.54, 1.807) is 11.3 Å². The molecule has 0 radical (unpaired) electrons. The van der Waals surface area contributed by atoms with Crippen LogP contribution in [0.4, 0.5) is 0 Å². The van der Waals surface area contributed by atoms with Gasteiger partial charge in [0.25, 0.3) is 0 Å². The zero-order chi connectivity index (χ0) is 16.1. The normalized spacial score (nSPS) is 20.3. The number of aromatic nitrogens is 1. The number of ether oxygens (including phenoxy) is 2. The minimum absolute atomic E-state index is 0.00434. The second-order valence-corrected chi connectivity index (χ2v) is 6.61. The van der Waals surface area contributed by atoms with Crippen LogP contribution in [0, 0.1) is 6.92 Å². The Balaban J connectivity index is 1.47. The Labute approximate surface area is 140 Å². The lowest BCUT2D eigenvalue weighted by Crippen LogP contribution is -2.43. The summed E-state index contributed by atoms with van der Waals surface area (Å²) in [6, 6.07) is 9.57. The van der Waals surface area contributed by atoms with Gasteiger partial charge in [0.1, 0.15) is 29.6 Å². The predicted molar refractivity (Wildman–Crippen MR) is 89.9 cm³/mol. The highest BCUT2D eigenvalue weighted by molar-refractivity contribution is 7.09. The molecule has 0 spiro atoms. The van der Waals surface area contributed by atoms with Gasteiger partial charge in [-0.15, -0.1) is 11.3 Å². The van der Waals surface area contributed by atoms with Crippen molar-refractivity contribution in [2.45, 2.75) is 19.1 Å². The number of hydrogen-bond acceptors (Lipinski definition) is 6. The van der Waals surface area contributed by atoms with Crippen molar-refractivity contribution in [1.29, 1.82) is 0 Å². The average molecular weight is 334 g/mol. The van der Waals surface area contributed by atoms with Crippen molar-refractivity contribution in [2.24, 2.45) is 0 Å². The van der Waals surface area contributed by atoms with Crippen molar-refractivity contribution in [1.82, 2.24) is 9.88 Å². The number of nitrogens with zero attached hydrogens (tertiary/aromatic N) is 2. The SMILES string of the molecule is Cc1csc(C2CN(CC(O)COc3ccccc3)CCO2)n1. The summed E-state index contributed by atoms with van der Waals surface area (Å²) < 4.78 is 11.4. The average Bonchev–Trinajstić information content (AvgIpc) is 3.01. The molecule has 1 fully saturated rings. The highest BCUT2D eigenvalue weighted by atomic mass is 32.1. The minimum atomic E-state index is -0.521. The van der Waals surface area contributed by atoms with Crippen LogP contribution in [0.15, 0.2) is 35.7 Å². The van der Waals surface area contributed by atoms with Crippen molar-refractivity contribution in [3.8, 4) is 5.75 Å².